The summed E-state index contributed by atoms with van der Waals surface area (Å²) < 4.78 is 17.2. The van der Waals surface area contributed by atoms with E-state index in [9.17, 15) is 0 Å². The number of ether oxygens (including phenoxy) is 3. The molecule has 4 nitrogen and oxygen atoms in total. The van der Waals surface area contributed by atoms with Gasteiger partial charge in [0.2, 0.25) is 0 Å². The molecule has 0 aromatic heterocycles. The molecule has 0 saturated carbocycles. The summed E-state index contributed by atoms with van der Waals surface area (Å²) in [5, 5.41) is 3.68. The van der Waals surface area contributed by atoms with Gasteiger partial charge < -0.3 is 14.2 Å². The second-order valence-corrected chi connectivity index (χ2v) is 5.71. The highest BCUT2D eigenvalue weighted by Crippen LogP contribution is 2.37. The van der Waals surface area contributed by atoms with Crippen molar-refractivity contribution in [1.29, 1.82) is 0 Å². The first kappa shape index (κ1) is 11.9. The van der Waals surface area contributed by atoms with Crippen molar-refractivity contribution in [1.82, 2.24) is 5.32 Å². The lowest BCUT2D eigenvalue weighted by molar-refractivity contribution is -0.171. The van der Waals surface area contributed by atoms with Gasteiger partial charge >= 0.3 is 0 Å². The zero-order valence-electron chi connectivity index (χ0n) is 10.5. The van der Waals surface area contributed by atoms with Crippen LogP contribution in [0.4, 0.5) is 0 Å². The summed E-state index contributed by atoms with van der Waals surface area (Å²) >= 11 is 0. The molecule has 2 spiro atoms. The third kappa shape index (κ3) is 2.50. The van der Waals surface area contributed by atoms with Gasteiger partial charge in [-0.15, -0.1) is 0 Å². The van der Waals surface area contributed by atoms with Crippen LogP contribution in [0.5, 0.6) is 0 Å². The van der Waals surface area contributed by atoms with Gasteiger partial charge in [0.25, 0.3) is 0 Å². The lowest BCUT2D eigenvalue weighted by atomic mass is 9.79. The number of hydrogen-bond acceptors (Lipinski definition) is 4. The molecule has 0 amide bonds. The summed E-state index contributed by atoms with van der Waals surface area (Å²) in [4.78, 5) is 0. The van der Waals surface area contributed by atoms with E-state index in [1.165, 1.54) is 0 Å². The first-order chi connectivity index (χ1) is 8.33. The van der Waals surface area contributed by atoms with Gasteiger partial charge in [-0.3, -0.25) is 5.32 Å². The van der Waals surface area contributed by atoms with Crippen molar-refractivity contribution in [2.24, 2.45) is 5.41 Å². The van der Waals surface area contributed by atoms with Crippen molar-refractivity contribution in [3.8, 4) is 0 Å². The average molecular weight is 241 g/mol. The van der Waals surface area contributed by atoms with Crippen molar-refractivity contribution in [2.75, 3.05) is 39.6 Å². The highest BCUT2D eigenvalue weighted by atomic mass is 16.5. The molecule has 0 bridgehead atoms. The quantitative estimate of drug-likeness (QED) is 0.694. The van der Waals surface area contributed by atoms with Crippen LogP contribution in [0.2, 0.25) is 0 Å². The van der Waals surface area contributed by atoms with Gasteiger partial charge in [0.1, 0.15) is 5.72 Å². The van der Waals surface area contributed by atoms with E-state index < -0.39 is 0 Å². The van der Waals surface area contributed by atoms with Crippen LogP contribution in [-0.4, -0.2) is 45.3 Å². The van der Waals surface area contributed by atoms with Gasteiger partial charge in [-0.2, -0.15) is 0 Å². The summed E-state index contributed by atoms with van der Waals surface area (Å²) in [6.45, 7) is 5.46. The van der Waals surface area contributed by atoms with E-state index in [-0.39, 0.29) is 5.72 Å². The maximum absolute atomic E-state index is 6.23. The standard InChI is InChI=1S/C13H23NO3/c1-2-13(5-9-15-6-1)14-10-12(11-17-13)3-7-16-8-4-12/h14H,1-11H2. The summed E-state index contributed by atoms with van der Waals surface area (Å²) in [5.74, 6) is 0. The second kappa shape index (κ2) is 4.84. The third-order valence-electron chi connectivity index (χ3n) is 4.51. The Morgan fingerprint density at radius 1 is 0.824 bits per heavy atom. The van der Waals surface area contributed by atoms with E-state index in [0.717, 1.165) is 71.7 Å². The summed E-state index contributed by atoms with van der Waals surface area (Å²) in [6, 6.07) is 0. The van der Waals surface area contributed by atoms with Crippen molar-refractivity contribution in [3.05, 3.63) is 0 Å². The van der Waals surface area contributed by atoms with Crippen molar-refractivity contribution >= 4 is 0 Å². The third-order valence-corrected chi connectivity index (χ3v) is 4.51. The minimum atomic E-state index is -0.0972. The lowest BCUT2D eigenvalue weighted by Gasteiger charge is -2.48. The lowest BCUT2D eigenvalue weighted by Crippen LogP contribution is -2.60. The van der Waals surface area contributed by atoms with Crippen LogP contribution in [0, 0.1) is 5.41 Å². The van der Waals surface area contributed by atoms with Crippen LogP contribution in [0.25, 0.3) is 0 Å². The molecular weight excluding hydrogens is 218 g/mol. The Bertz CT molecular complexity index is 243. The first-order valence-corrected chi connectivity index (χ1v) is 6.87. The minimum absolute atomic E-state index is 0.0972. The fourth-order valence-electron chi connectivity index (χ4n) is 3.11. The molecule has 1 unspecified atom stereocenters. The Labute approximate surface area is 103 Å². The number of nitrogens with one attached hydrogen (secondary N) is 1. The minimum Gasteiger partial charge on any atom is -0.381 e. The SMILES string of the molecule is C1COCCC2(C1)NCC1(CCOCC1)CO2. The van der Waals surface area contributed by atoms with E-state index in [2.05, 4.69) is 5.32 Å². The van der Waals surface area contributed by atoms with Crippen LogP contribution < -0.4 is 5.32 Å². The molecule has 4 heteroatoms. The van der Waals surface area contributed by atoms with Crippen LogP contribution in [0.15, 0.2) is 0 Å². The van der Waals surface area contributed by atoms with Crippen LogP contribution in [0.1, 0.15) is 32.1 Å². The summed E-state index contributed by atoms with van der Waals surface area (Å²) in [6.07, 6.45) is 5.43. The fourth-order valence-corrected chi connectivity index (χ4v) is 3.11. The van der Waals surface area contributed by atoms with Crippen molar-refractivity contribution in [2.45, 2.75) is 37.8 Å². The molecule has 0 radical (unpaired) electrons. The van der Waals surface area contributed by atoms with E-state index in [4.69, 9.17) is 14.2 Å². The van der Waals surface area contributed by atoms with Crippen LogP contribution in [-0.2, 0) is 14.2 Å². The molecule has 1 N–H and O–H groups in total. The molecule has 3 saturated heterocycles. The van der Waals surface area contributed by atoms with Gasteiger partial charge in [0.05, 0.1) is 13.2 Å². The predicted octanol–water partition coefficient (Wildman–Crippen LogP) is 1.30. The summed E-state index contributed by atoms with van der Waals surface area (Å²) in [5.41, 5.74) is 0.233. The topological polar surface area (TPSA) is 39.7 Å². The van der Waals surface area contributed by atoms with Crippen molar-refractivity contribution < 1.29 is 14.2 Å². The zero-order valence-corrected chi connectivity index (χ0v) is 10.5. The van der Waals surface area contributed by atoms with Gasteiger partial charge in [0, 0.05) is 38.2 Å². The molecule has 17 heavy (non-hydrogen) atoms. The second-order valence-electron chi connectivity index (χ2n) is 5.71. The molecule has 3 aliphatic heterocycles. The molecular formula is C13H23NO3. The molecule has 3 aliphatic rings. The van der Waals surface area contributed by atoms with Gasteiger partial charge in [-0.05, 0) is 25.7 Å². The smallest absolute Gasteiger partial charge is 0.121 e. The average Bonchev–Trinajstić information content (AvgIpc) is 2.61. The maximum Gasteiger partial charge on any atom is 0.121 e. The molecule has 3 rings (SSSR count). The highest BCUT2D eigenvalue weighted by Gasteiger charge is 2.44. The predicted molar refractivity (Wildman–Crippen MR) is 63.8 cm³/mol. The van der Waals surface area contributed by atoms with Gasteiger partial charge in [0.15, 0.2) is 0 Å². The Morgan fingerprint density at radius 3 is 2.35 bits per heavy atom. The number of hydrogen-bond donors (Lipinski definition) is 1. The molecule has 98 valence electrons. The Kier molecular flexibility index (Phi) is 3.39. The largest absolute Gasteiger partial charge is 0.381 e. The fraction of sp³-hybridized carbons (Fsp3) is 1.00. The Morgan fingerprint density at radius 2 is 1.59 bits per heavy atom. The van der Waals surface area contributed by atoms with E-state index in [1.807, 2.05) is 0 Å². The van der Waals surface area contributed by atoms with Gasteiger partial charge in [-0.1, -0.05) is 0 Å². The molecule has 3 fully saturated rings. The molecule has 0 aromatic carbocycles. The Balaban J connectivity index is 1.61. The van der Waals surface area contributed by atoms with Crippen LogP contribution in [0.3, 0.4) is 0 Å². The number of rotatable bonds is 0. The monoisotopic (exact) mass is 241 g/mol. The van der Waals surface area contributed by atoms with Crippen molar-refractivity contribution in [3.63, 3.8) is 0 Å². The Hall–Kier alpha value is -0.160. The van der Waals surface area contributed by atoms with Gasteiger partial charge in [-0.25, -0.2) is 0 Å². The van der Waals surface area contributed by atoms with E-state index in [0.29, 0.717) is 5.41 Å². The first-order valence-electron chi connectivity index (χ1n) is 6.87. The summed E-state index contributed by atoms with van der Waals surface area (Å²) in [7, 11) is 0. The zero-order chi connectivity index (χ0) is 11.6. The molecule has 0 aliphatic carbocycles. The van der Waals surface area contributed by atoms with Crippen LogP contribution >= 0.6 is 0 Å². The maximum atomic E-state index is 6.23. The molecule has 3 heterocycles. The highest BCUT2D eigenvalue weighted by molar-refractivity contribution is 4.93. The van der Waals surface area contributed by atoms with E-state index in [1.54, 1.807) is 0 Å². The van der Waals surface area contributed by atoms with E-state index >= 15 is 0 Å². The molecule has 0 aromatic rings. The molecule has 1 atom stereocenters. The normalized spacial score (nSPS) is 38.1.